The Morgan fingerprint density at radius 2 is 2.00 bits per heavy atom. The number of rotatable bonds is 8. The van der Waals surface area contributed by atoms with Gasteiger partial charge in [0.1, 0.15) is 5.75 Å². The van der Waals surface area contributed by atoms with E-state index in [4.69, 9.17) is 9.84 Å². The van der Waals surface area contributed by atoms with Gasteiger partial charge in [-0.3, -0.25) is 9.59 Å². The second kappa shape index (κ2) is 8.29. The topological polar surface area (TPSA) is 75.6 Å². The number of carbonyl (C=O) groups excluding carboxylic acids is 1. The Balaban J connectivity index is 2.24. The average molecular weight is 293 g/mol. The Hall–Kier alpha value is -2.04. The number of hydrogen-bond donors (Lipinski definition) is 2. The molecular weight excluding hydrogens is 270 g/mol. The quantitative estimate of drug-likeness (QED) is 0.771. The molecule has 0 radical (unpaired) electrons. The van der Waals surface area contributed by atoms with Crippen molar-refractivity contribution in [1.29, 1.82) is 0 Å². The third-order valence-corrected chi connectivity index (χ3v) is 3.25. The molecule has 0 heterocycles. The van der Waals surface area contributed by atoms with E-state index in [-0.39, 0.29) is 24.7 Å². The zero-order valence-corrected chi connectivity index (χ0v) is 12.8. The minimum Gasteiger partial charge on any atom is -0.493 e. The van der Waals surface area contributed by atoms with Crippen LogP contribution in [0.25, 0.3) is 0 Å². The molecule has 0 aliphatic carbocycles. The maximum absolute atomic E-state index is 11.6. The molecule has 1 amide bonds. The number of amides is 1. The van der Waals surface area contributed by atoms with Crippen molar-refractivity contribution in [3.05, 3.63) is 29.3 Å². The highest BCUT2D eigenvalue weighted by atomic mass is 16.5. The van der Waals surface area contributed by atoms with E-state index >= 15 is 0 Å². The molecule has 1 aromatic rings. The van der Waals surface area contributed by atoms with E-state index < -0.39 is 5.97 Å². The second-order valence-electron chi connectivity index (χ2n) is 5.35. The molecule has 0 aromatic heterocycles. The fourth-order valence-corrected chi connectivity index (χ4v) is 1.81. The molecule has 5 nitrogen and oxygen atoms in total. The number of hydrogen-bond acceptors (Lipinski definition) is 3. The summed E-state index contributed by atoms with van der Waals surface area (Å²) in [6.07, 6.45) is 0.312. The molecule has 0 saturated carbocycles. The predicted molar refractivity (Wildman–Crippen MR) is 80.5 cm³/mol. The van der Waals surface area contributed by atoms with Gasteiger partial charge in [-0.25, -0.2) is 0 Å². The van der Waals surface area contributed by atoms with Crippen molar-refractivity contribution in [1.82, 2.24) is 5.32 Å². The highest BCUT2D eigenvalue weighted by molar-refractivity contribution is 5.76. The van der Waals surface area contributed by atoms with E-state index in [1.165, 1.54) is 5.56 Å². The minimum absolute atomic E-state index is 0.0550. The van der Waals surface area contributed by atoms with Crippen LogP contribution in [0.3, 0.4) is 0 Å². The van der Waals surface area contributed by atoms with Gasteiger partial charge in [0.15, 0.2) is 0 Å². The molecule has 1 rings (SSSR count). The van der Waals surface area contributed by atoms with Crippen LogP contribution in [0.4, 0.5) is 0 Å². The van der Waals surface area contributed by atoms with Gasteiger partial charge in [-0.15, -0.1) is 0 Å². The molecule has 1 aromatic carbocycles. The van der Waals surface area contributed by atoms with Crippen molar-refractivity contribution < 1.29 is 19.4 Å². The van der Waals surface area contributed by atoms with Crippen LogP contribution in [0.15, 0.2) is 18.2 Å². The first kappa shape index (κ1) is 17.0. The molecule has 0 saturated heterocycles. The van der Waals surface area contributed by atoms with Gasteiger partial charge in [-0.2, -0.15) is 0 Å². The van der Waals surface area contributed by atoms with Gasteiger partial charge in [-0.1, -0.05) is 13.0 Å². The highest BCUT2D eigenvalue weighted by Crippen LogP contribution is 2.16. The van der Waals surface area contributed by atoms with Gasteiger partial charge in [0, 0.05) is 13.0 Å². The van der Waals surface area contributed by atoms with Crippen LogP contribution in [0.5, 0.6) is 5.75 Å². The Morgan fingerprint density at radius 3 is 2.62 bits per heavy atom. The Labute approximate surface area is 125 Å². The Bertz CT molecular complexity index is 499. The zero-order valence-electron chi connectivity index (χ0n) is 12.8. The molecule has 0 fully saturated rings. The zero-order chi connectivity index (χ0) is 15.8. The fourth-order valence-electron chi connectivity index (χ4n) is 1.81. The van der Waals surface area contributed by atoms with E-state index in [9.17, 15) is 9.59 Å². The summed E-state index contributed by atoms with van der Waals surface area (Å²) in [5.74, 6) is -0.303. The summed E-state index contributed by atoms with van der Waals surface area (Å²) in [6.45, 7) is 6.51. The average Bonchev–Trinajstić information content (AvgIpc) is 2.40. The summed E-state index contributed by atoms with van der Waals surface area (Å²) < 4.78 is 5.53. The second-order valence-corrected chi connectivity index (χ2v) is 5.35. The van der Waals surface area contributed by atoms with Crippen LogP contribution in [-0.4, -0.2) is 30.1 Å². The third kappa shape index (κ3) is 6.79. The van der Waals surface area contributed by atoms with E-state index in [0.717, 1.165) is 11.3 Å². The van der Waals surface area contributed by atoms with Gasteiger partial charge in [0.2, 0.25) is 5.91 Å². The van der Waals surface area contributed by atoms with Gasteiger partial charge >= 0.3 is 5.97 Å². The molecule has 0 bridgehead atoms. The number of carboxylic acids is 1. The fraction of sp³-hybridized carbons (Fsp3) is 0.500. The van der Waals surface area contributed by atoms with Crippen molar-refractivity contribution in [3.63, 3.8) is 0 Å². The maximum atomic E-state index is 11.6. The monoisotopic (exact) mass is 293 g/mol. The standard InChI is InChI=1S/C16H23NO4/c1-11(8-16(19)20)10-17-15(18)6-7-21-14-5-4-12(2)13(3)9-14/h4-5,9,11H,6-8,10H2,1-3H3,(H,17,18)(H,19,20). The lowest BCUT2D eigenvalue weighted by molar-refractivity contribution is -0.138. The Morgan fingerprint density at radius 1 is 1.29 bits per heavy atom. The van der Waals surface area contributed by atoms with Gasteiger partial charge in [0.05, 0.1) is 13.0 Å². The molecule has 2 N–H and O–H groups in total. The normalized spacial score (nSPS) is 11.8. The van der Waals surface area contributed by atoms with E-state index in [1.54, 1.807) is 6.92 Å². The third-order valence-electron chi connectivity index (χ3n) is 3.25. The number of ether oxygens (including phenoxy) is 1. The first-order valence-electron chi connectivity index (χ1n) is 7.07. The molecule has 1 atom stereocenters. The van der Waals surface area contributed by atoms with Crippen molar-refractivity contribution in [2.45, 2.75) is 33.6 Å². The molecule has 116 valence electrons. The van der Waals surface area contributed by atoms with E-state index in [2.05, 4.69) is 5.32 Å². The van der Waals surface area contributed by atoms with Crippen molar-refractivity contribution in [2.24, 2.45) is 5.92 Å². The van der Waals surface area contributed by atoms with Crippen molar-refractivity contribution in [3.8, 4) is 5.75 Å². The largest absolute Gasteiger partial charge is 0.493 e. The van der Waals surface area contributed by atoms with Gasteiger partial charge < -0.3 is 15.2 Å². The van der Waals surface area contributed by atoms with Crippen LogP contribution < -0.4 is 10.1 Å². The number of aryl methyl sites for hydroxylation is 2. The smallest absolute Gasteiger partial charge is 0.303 e. The van der Waals surface area contributed by atoms with Crippen LogP contribution in [0.1, 0.15) is 30.9 Å². The minimum atomic E-state index is -0.852. The lowest BCUT2D eigenvalue weighted by Gasteiger charge is -2.11. The first-order valence-corrected chi connectivity index (χ1v) is 7.07. The first-order chi connectivity index (χ1) is 9.88. The predicted octanol–water partition coefficient (Wildman–Crippen LogP) is 2.30. The Kier molecular flexibility index (Phi) is 6.72. The lowest BCUT2D eigenvalue weighted by Crippen LogP contribution is -2.30. The summed E-state index contributed by atoms with van der Waals surface area (Å²) in [6, 6.07) is 5.82. The highest BCUT2D eigenvalue weighted by Gasteiger charge is 2.09. The molecule has 0 aliphatic heterocycles. The summed E-state index contributed by atoms with van der Waals surface area (Å²) in [5.41, 5.74) is 2.35. The van der Waals surface area contributed by atoms with Crippen LogP contribution >= 0.6 is 0 Å². The van der Waals surface area contributed by atoms with Gasteiger partial charge in [-0.05, 0) is 43.0 Å². The SMILES string of the molecule is Cc1ccc(OCCC(=O)NCC(C)CC(=O)O)cc1C. The summed E-state index contributed by atoms with van der Waals surface area (Å²) in [7, 11) is 0. The number of carboxylic acid groups (broad SMARTS) is 1. The van der Waals surface area contributed by atoms with E-state index in [1.807, 2.05) is 32.0 Å². The number of aliphatic carboxylic acids is 1. The van der Waals surface area contributed by atoms with Crippen molar-refractivity contribution in [2.75, 3.05) is 13.2 Å². The number of carbonyl (C=O) groups is 2. The summed E-state index contributed by atoms with van der Waals surface area (Å²) in [5, 5.41) is 11.3. The molecule has 21 heavy (non-hydrogen) atoms. The van der Waals surface area contributed by atoms with E-state index in [0.29, 0.717) is 13.2 Å². The number of benzene rings is 1. The van der Waals surface area contributed by atoms with Crippen LogP contribution in [0, 0.1) is 19.8 Å². The molecule has 5 heteroatoms. The molecule has 0 aliphatic rings. The van der Waals surface area contributed by atoms with Gasteiger partial charge in [0.25, 0.3) is 0 Å². The lowest BCUT2D eigenvalue weighted by atomic mass is 10.1. The molecular formula is C16H23NO4. The summed E-state index contributed by atoms with van der Waals surface area (Å²) >= 11 is 0. The number of nitrogens with one attached hydrogen (secondary N) is 1. The molecule has 0 spiro atoms. The van der Waals surface area contributed by atoms with Crippen LogP contribution in [0.2, 0.25) is 0 Å². The van der Waals surface area contributed by atoms with Crippen molar-refractivity contribution >= 4 is 11.9 Å². The maximum Gasteiger partial charge on any atom is 0.303 e. The molecule has 1 unspecified atom stereocenters. The summed E-state index contributed by atoms with van der Waals surface area (Å²) in [4.78, 5) is 22.1. The van der Waals surface area contributed by atoms with Crippen LogP contribution in [-0.2, 0) is 9.59 Å².